The average molecular weight is 427 g/mol. The third-order valence-electron chi connectivity index (χ3n) is 12.5. The molecule has 5 aliphatic rings. The number of carbonyl (C=O) groups is 2. The first-order valence-electron chi connectivity index (χ1n) is 13.5. The minimum Gasteiger partial charge on any atom is -0.299 e. The second kappa shape index (κ2) is 6.69. The Morgan fingerprint density at radius 1 is 0.935 bits per heavy atom. The number of fused-ring (bicyclic) bond motifs is 5. The van der Waals surface area contributed by atoms with E-state index in [0.29, 0.717) is 41.2 Å². The molecule has 5 rings (SSSR count). The van der Waals surface area contributed by atoms with Gasteiger partial charge in [0.2, 0.25) is 0 Å². The maximum Gasteiger partial charge on any atom is 0.139 e. The summed E-state index contributed by atoms with van der Waals surface area (Å²) in [5.41, 5.74) is 0.248. The van der Waals surface area contributed by atoms with Crippen molar-refractivity contribution in [3.8, 4) is 0 Å². The first kappa shape index (κ1) is 22.1. The van der Waals surface area contributed by atoms with Crippen molar-refractivity contribution in [2.75, 3.05) is 0 Å². The highest BCUT2D eigenvalue weighted by Gasteiger charge is 2.88. The second-order valence-corrected chi connectivity index (χ2v) is 14.0. The Morgan fingerprint density at radius 3 is 2.32 bits per heavy atom. The smallest absolute Gasteiger partial charge is 0.139 e. The van der Waals surface area contributed by atoms with Crippen molar-refractivity contribution in [1.29, 1.82) is 0 Å². The molecule has 0 N–H and O–H groups in total. The van der Waals surface area contributed by atoms with Crippen LogP contribution in [0.1, 0.15) is 106 Å². The highest BCUT2D eigenvalue weighted by atomic mass is 16.1. The number of hydrogen-bond acceptors (Lipinski definition) is 2. The summed E-state index contributed by atoms with van der Waals surface area (Å²) in [6.45, 7) is 16.5. The Morgan fingerprint density at radius 2 is 1.65 bits per heavy atom. The fourth-order valence-electron chi connectivity index (χ4n) is 10.8. The monoisotopic (exact) mass is 426 g/mol. The van der Waals surface area contributed by atoms with Crippen LogP contribution in [0.4, 0.5) is 0 Å². The Kier molecular flexibility index (Phi) is 4.78. The van der Waals surface area contributed by atoms with Crippen LogP contribution in [0.25, 0.3) is 0 Å². The van der Waals surface area contributed by atoms with E-state index >= 15 is 0 Å². The number of carbonyl (C=O) groups excluding carboxylic acids is 2. The first-order chi connectivity index (χ1) is 14.4. The molecule has 0 unspecified atom stereocenters. The van der Waals surface area contributed by atoms with Crippen LogP contribution in [0, 0.1) is 63.1 Å². The molecular weight excluding hydrogens is 380 g/mol. The first-order valence-corrected chi connectivity index (χ1v) is 13.5. The summed E-state index contributed by atoms with van der Waals surface area (Å²) in [5.74, 6) is 5.19. The molecule has 0 saturated heterocycles. The summed E-state index contributed by atoms with van der Waals surface area (Å²) in [4.78, 5) is 26.6. The third-order valence-corrected chi connectivity index (χ3v) is 12.5. The van der Waals surface area contributed by atoms with E-state index in [9.17, 15) is 9.59 Å². The van der Waals surface area contributed by atoms with Crippen molar-refractivity contribution in [3.63, 3.8) is 0 Å². The Hall–Kier alpha value is -0.660. The number of ketones is 2. The molecule has 5 saturated carbocycles. The van der Waals surface area contributed by atoms with E-state index in [1.54, 1.807) is 0 Å². The normalized spacial score (nSPS) is 50.6. The van der Waals surface area contributed by atoms with Gasteiger partial charge in [0.25, 0.3) is 0 Å². The van der Waals surface area contributed by atoms with Crippen molar-refractivity contribution in [2.24, 2.45) is 63.1 Å². The lowest BCUT2D eigenvalue weighted by molar-refractivity contribution is -0.150. The molecule has 5 aliphatic carbocycles. The van der Waals surface area contributed by atoms with Gasteiger partial charge in [-0.1, -0.05) is 67.7 Å². The minimum absolute atomic E-state index is 0.0226. The van der Waals surface area contributed by atoms with Gasteiger partial charge in [0, 0.05) is 24.2 Å². The van der Waals surface area contributed by atoms with Gasteiger partial charge in [0.1, 0.15) is 11.6 Å². The number of Topliss-reactive ketones (excluding diaryl/α,β-unsaturated/α-hetero) is 2. The molecule has 0 aromatic carbocycles. The molecule has 1 spiro atoms. The molecule has 31 heavy (non-hydrogen) atoms. The van der Waals surface area contributed by atoms with Gasteiger partial charge in [-0.15, -0.1) is 0 Å². The van der Waals surface area contributed by atoms with Crippen LogP contribution >= 0.6 is 0 Å². The zero-order valence-corrected chi connectivity index (χ0v) is 21.2. The van der Waals surface area contributed by atoms with Gasteiger partial charge >= 0.3 is 0 Å². The SMILES string of the molecule is CC(C)CCC[C@@H](C)[C@H]1CC[C@H]2[C@@H]3C(=O)C[C@@]45[C@@H](CC(=O)C4(C)C)[C@]5(C)[C@H]3CC[C@]12C. The van der Waals surface area contributed by atoms with E-state index in [1.807, 2.05) is 0 Å². The summed E-state index contributed by atoms with van der Waals surface area (Å²) in [7, 11) is 0. The van der Waals surface area contributed by atoms with E-state index in [2.05, 4.69) is 48.5 Å². The van der Waals surface area contributed by atoms with Crippen LogP contribution < -0.4 is 0 Å². The lowest BCUT2D eigenvalue weighted by atomic mass is 9.48. The molecule has 5 fully saturated rings. The van der Waals surface area contributed by atoms with E-state index in [4.69, 9.17) is 0 Å². The fraction of sp³-hybridized carbons (Fsp3) is 0.931. The average Bonchev–Trinajstić information content (AvgIpc) is 2.93. The molecule has 2 nitrogen and oxygen atoms in total. The van der Waals surface area contributed by atoms with E-state index in [1.165, 1.54) is 44.9 Å². The van der Waals surface area contributed by atoms with Crippen molar-refractivity contribution in [2.45, 2.75) is 106 Å². The van der Waals surface area contributed by atoms with E-state index in [-0.39, 0.29) is 22.2 Å². The van der Waals surface area contributed by atoms with Gasteiger partial charge < -0.3 is 0 Å². The van der Waals surface area contributed by atoms with E-state index < -0.39 is 0 Å². The fourth-order valence-corrected chi connectivity index (χ4v) is 10.8. The van der Waals surface area contributed by atoms with Crippen molar-refractivity contribution in [1.82, 2.24) is 0 Å². The quantitative estimate of drug-likeness (QED) is 0.470. The summed E-state index contributed by atoms with van der Waals surface area (Å²) in [6, 6.07) is 0. The highest BCUT2D eigenvalue weighted by Crippen LogP contribution is 2.89. The number of hydrogen-bond donors (Lipinski definition) is 0. The van der Waals surface area contributed by atoms with Gasteiger partial charge in [-0.2, -0.15) is 0 Å². The lowest BCUT2D eigenvalue weighted by Gasteiger charge is -2.55. The van der Waals surface area contributed by atoms with Crippen LogP contribution in [0.2, 0.25) is 0 Å². The van der Waals surface area contributed by atoms with Gasteiger partial charge in [-0.25, -0.2) is 0 Å². The molecule has 0 aromatic rings. The van der Waals surface area contributed by atoms with Gasteiger partial charge in [0.05, 0.1) is 0 Å². The molecule has 0 aliphatic heterocycles. The maximum atomic E-state index is 13.8. The largest absolute Gasteiger partial charge is 0.299 e. The van der Waals surface area contributed by atoms with Crippen LogP contribution in [0.15, 0.2) is 0 Å². The predicted octanol–water partition coefficient (Wildman–Crippen LogP) is 7.10. The maximum absolute atomic E-state index is 13.8. The van der Waals surface area contributed by atoms with Gasteiger partial charge in [0.15, 0.2) is 0 Å². The molecule has 0 aromatic heterocycles. The molecular formula is C29H46O2. The Labute approximate surface area is 190 Å². The lowest BCUT2D eigenvalue weighted by Crippen LogP contribution is -2.54. The summed E-state index contributed by atoms with van der Waals surface area (Å²) >= 11 is 0. The zero-order chi connectivity index (χ0) is 22.6. The minimum atomic E-state index is -0.309. The topological polar surface area (TPSA) is 34.1 Å². The molecule has 9 atom stereocenters. The Bertz CT molecular complexity index is 795. The molecule has 0 radical (unpaired) electrons. The standard InChI is InChI=1S/C29H46O2/c1-17(2)9-8-10-18(3)19-11-12-20-25-21(13-14-27(19,20)6)28(7)23-15-24(31)26(4,5)29(23,28)16-22(25)30/h17-21,23,25H,8-16H2,1-7H3/t18-,19-,20+,21+,23+,25+,27-,28+,29-/m1/s1. The summed E-state index contributed by atoms with van der Waals surface area (Å²) < 4.78 is 0. The van der Waals surface area contributed by atoms with Crippen molar-refractivity contribution < 1.29 is 9.59 Å². The van der Waals surface area contributed by atoms with Crippen LogP contribution in [-0.2, 0) is 9.59 Å². The van der Waals surface area contributed by atoms with Crippen LogP contribution in [0.3, 0.4) is 0 Å². The number of rotatable bonds is 5. The van der Waals surface area contributed by atoms with Crippen LogP contribution in [0.5, 0.6) is 0 Å². The highest BCUT2D eigenvalue weighted by molar-refractivity contribution is 5.95. The zero-order valence-electron chi connectivity index (χ0n) is 21.2. The molecule has 0 heterocycles. The summed E-state index contributed by atoms with van der Waals surface area (Å²) in [5, 5.41) is 0. The van der Waals surface area contributed by atoms with Crippen molar-refractivity contribution >= 4 is 11.6 Å². The molecule has 174 valence electrons. The molecule has 2 heteroatoms. The van der Waals surface area contributed by atoms with Crippen molar-refractivity contribution in [3.05, 3.63) is 0 Å². The second-order valence-electron chi connectivity index (χ2n) is 14.0. The van der Waals surface area contributed by atoms with E-state index in [0.717, 1.165) is 24.2 Å². The van der Waals surface area contributed by atoms with Gasteiger partial charge in [-0.05, 0) is 77.4 Å². The molecule has 0 amide bonds. The molecule has 0 bridgehead atoms. The summed E-state index contributed by atoms with van der Waals surface area (Å²) in [6.07, 6.45) is 10.6. The Balaban J connectivity index is 1.38. The predicted molar refractivity (Wildman–Crippen MR) is 125 cm³/mol. The third kappa shape index (κ3) is 2.52. The van der Waals surface area contributed by atoms with Crippen LogP contribution in [-0.4, -0.2) is 11.6 Å². The van der Waals surface area contributed by atoms with Gasteiger partial charge in [-0.3, -0.25) is 9.59 Å².